The van der Waals surface area contributed by atoms with Crippen LogP contribution >= 0.6 is 11.8 Å². The van der Waals surface area contributed by atoms with Gasteiger partial charge < -0.3 is 10.1 Å². The summed E-state index contributed by atoms with van der Waals surface area (Å²) in [5.74, 6) is 0. The Hall–Kier alpha value is 0.270. The summed E-state index contributed by atoms with van der Waals surface area (Å²) in [5.41, 5.74) is -0.0349. The molecule has 0 aromatic carbocycles. The molecule has 0 aliphatic carbocycles. The van der Waals surface area contributed by atoms with E-state index in [2.05, 4.69) is 46.2 Å². The van der Waals surface area contributed by atoms with Crippen molar-refractivity contribution in [1.29, 1.82) is 0 Å². The van der Waals surface area contributed by atoms with E-state index < -0.39 is 0 Å². The Morgan fingerprint density at radius 1 is 1.24 bits per heavy atom. The van der Waals surface area contributed by atoms with Crippen LogP contribution in [0.3, 0.4) is 0 Å². The average molecular weight is 261 g/mol. The second-order valence-corrected chi connectivity index (χ2v) is 6.82. The van der Waals surface area contributed by atoms with Crippen LogP contribution in [0.2, 0.25) is 0 Å². The van der Waals surface area contributed by atoms with Crippen LogP contribution in [0.1, 0.15) is 53.9 Å². The molecule has 0 radical (unpaired) electrons. The van der Waals surface area contributed by atoms with E-state index in [1.165, 1.54) is 12.8 Å². The van der Waals surface area contributed by atoms with Crippen molar-refractivity contribution in [3.63, 3.8) is 0 Å². The van der Waals surface area contributed by atoms with Crippen molar-refractivity contribution in [2.75, 3.05) is 19.9 Å². The van der Waals surface area contributed by atoms with Gasteiger partial charge in [0, 0.05) is 24.4 Å². The van der Waals surface area contributed by atoms with Crippen LogP contribution in [0.4, 0.5) is 0 Å². The van der Waals surface area contributed by atoms with Gasteiger partial charge in [-0.15, -0.1) is 0 Å². The molecule has 0 heterocycles. The minimum absolute atomic E-state index is 0.0349. The van der Waals surface area contributed by atoms with E-state index in [1.807, 2.05) is 11.8 Å². The molecule has 0 saturated carbocycles. The molecule has 0 fully saturated rings. The summed E-state index contributed by atoms with van der Waals surface area (Å²) in [4.78, 5) is 0. The molecule has 1 N–H and O–H groups in total. The number of hydrogen-bond donors (Lipinski definition) is 1. The van der Waals surface area contributed by atoms with Crippen LogP contribution < -0.4 is 5.32 Å². The van der Waals surface area contributed by atoms with Gasteiger partial charge in [0.25, 0.3) is 0 Å². The lowest BCUT2D eigenvalue weighted by molar-refractivity contribution is 0.00841. The number of thioether (sulfide) groups is 1. The molecular weight excluding hydrogens is 230 g/mol. The van der Waals surface area contributed by atoms with Crippen molar-refractivity contribution in [3.8, 4) is 0 Å². The van der Waals surface area contributed by atoms with Gasteiger partial charge in [-0.2, -0.15) is 11.8 Å². The fraction of sp³-hybridized carbons (Fsp3) is 1.00. The van der Waals surface area contributed by atoms with Crippen LogP contribution in [0.25, 0.3) is 0 Å². The molecule has 0 spiro atoms. The smallest absolute Gasteiger partial charge is 0.0637 e. The summed E-state index contributed by atoms with van der Waals surface area (Å²) in [6.07, 6.45) is 5.70. The zero-order chi connectivity index (χ0) is 13.5. The van der Waals surface area contributed by atoms with E-state index >= 15 is 0 Å². The highest BCUT2D eigenvalue weighted by Gasteiger charge is 2.26. The molecule has 0 aromatic heterocycles. The minimum Gasteiger partial charge on any atom is -0.379 e. The Labute approximate surface area is 112 Å². The molecule has 1 unspecified atom stereocenters. The first-order valence-electron chi connectivity index (χ1n) is 6.68. The number of ether oxygens (including phenoxy) is 1. The van der Waals surface area contributed by atoms with Crippen molar-refractivity contribution in [3.05, 3.63) is 0 Å². The Balaban J connectivity index is 4.18. The molecule has 0 amide bonds. The van der Waals surface area contributed by atoms with Crippen molar-refractivity contribution >= 4 is 11.8 Å². The van der Waals surface area contributed by atoms with E-state index in [-0.39, 0.29) is 5.60 Å². The monoisotopic (exact) mass is 261 g/mol. The zero-order valence-corrected chi connectivity index (χ0v) is 13.5. The third-order valence-electron chi connectivity index (χ3n) is 3.84. The van der Waals surface area contributed by atoms with Crippen LogP contribution in [0, 0.1) is 0 Å². The van der Waals surface area contributed by atoms with Crippen LogP contribution in [-0.4, -0.2) is 36.3 Å². The van der Waals surface area contributed by atoms with E-state index in [9.17, 15) is 0 Å². The molecule has 104 valence electrons. The normalized spacial score (nSPS) is 15.0. The van der Waals surface area contributed by atoms with Crippen LogP contribution in [0.15, 0.2) is 0 Å². The average Bonchev–Trinajstić information content (AvgIpc) is 2.31. The van der Waals surface area contributed by atoms with Crippen molar-refractivity contribution in [2.24, 2.45) is 0 Å². The maximum atomic E-state index is 5.47. The summed E-state index contributed by atoms with van der Waals surface area (Å²) in [7, 11) is 1.79. The van der Waals surface area contributed by atoms with Crippen molar-refractivity contribution < 1.29 is 4.74 Å². The summed E-state index contributed by atoms with van der Waals surface area (Å²) < 4.78 is 5.87. The predicted molar refractivity (Wildman–Crippen MR) is 80.0 cm³/mol. The van der Waals surface area contributed by atoms with Gasteiger partial charge in [-0.1, -0.05) is 13.8 Å². The summed E-state index contributed by atoms with van der Waals surface area (Å²) in [5, 5.41) is 3.67. The van der Waals surface area contributed by atoms with E-state index in [0.29, 0.717) is 10.8 Å². The van der Waals surface area contributed by atoms with Crippen LogP contribution in [-0.2, 0) is 4.74 Å². The predicted octanol–water partition coefficient (Wildman–Crippen LogP) is 3.70. The molecule has 2 nitrogen and oxygen atoms in total. The lowest BCUT2D eigenvalue weighted by atomic mass is 9.98. The molecule has 0 saturated heterocycles. The highest BCUT2D eigenvalue weighted by atomic mass is 32.2. The topological polar surface area (TPSA) is 21.3 Å². The third kappa shape index (κ3) is 6.12. The molecule has 0 bridgehead atoms. The Morgan fingerprint density at radius 2 is 1.76 bits per heavy atom. The number of hydrogen-bond acceptors (Lipinski definition) is 3. The quantitative estimate of drug-likeness (QED) is 0.684. The fourth-order valence-electron chi connectivity index (χ4n) is 2.11. The first-order valence-corrected chi connectivity index (χ1v) is 7.91. The summed E-state index contributed by atoms with van der Waals surface area (Å²) in [6.45, 7) is 12.2. The molecule has 1 atom stereocenters. The van der Waals surface area contributed by atoms with Gasteiger partial charge in [0.1, 0.15) is 0 Å². The highest BCUT2D eigenvalue weighted by molar-refractivity contribution is 8.00. The standard InChI is InChI=1S/C14H31NOS/c1-8-14(9-2,17-7)11-15-12(3)10-13(4,5)16-6/h12,15H,8-11H2,1-7H3. The van der Waals surface area contributed by atoms with Crippen LogP contribution in [0.5, 0.6) is 0 Å². The lowest BCUT2D eigenvalue weighted by Crippen LogP contribution is -2.43. The van der Waals surface area contributed by atoms with Crippen molar-refractivity contribution in [2.45, 2.75) is 70.3 Å². The second-order valence-electron chi connectivity index (χ2n) is 5.54. The minimum atomic E-state index is -0.0349. The van der Waals surface area contributed by atoms with Gasteiger partial charge >= 0.3 is 0 Å². The van der Waals surface area contributed by atoms with Gasteiger partial charge in [-0.3, -0.25) is 0 Å². The largest absolute Gasteiger partial charge is 0.379 e. The van der Waals surface area contributed by atoms with Gasteiger partial charge in [-0.05, 0) is 46.3 Å². The fourth-order valence-corrected chi connectivity index (χ4v) is 2.92. The van der Waals surface area contributed by atoms with Gasteiger partial charge in [0.15, 0.2) is 0 Å². The Bertz CT molecular complexity index is 194. The first-order chi connectivity index (χ1) is 7.84. The maximum absolute atomic E-state index is 5.47. The third-order valence-corrected chi connectivity index (χ3v) is 5.43. The molecular formula is C14H31NOS. The molecule has 3 heteroatoms. The molecule has 0 aromatic rings. The van der Waals surface area contributed by atoms with E-state index in [0.717, 1.165) is 13.0 Å². The van der Waals surface area contributed by atoms with Gasteiger partial charge in [0.05, 0.1) is 5.60 Å². The molecule has 0 aliphatic rings. The summed E-state index contributed by atoms with van der Waals surface area (Å²) in [6, 6.07) is 0.495. The Kier molecular flexibility index (Phi) is 7.77. The highest BCUT2D eigenvalue weighted by Crippen LogP contribution is 2.29. The molecule has 0 rings (SSSR count). The SMILES string of the molecule is CCC(CC)(CNC(C)CC(C)(C)OC)SC. The van der Waals surface area contributed by atoms with Gasteiger partial charge in [-0.25, -0.2) is 0 Å². The number of methoxy groups -OCH3 is 1. The first kappa shape index (κ1) is 17.3. The van der Waals surface area contributed by atoms with Gasteiger partial charge in [0.2, 0.25) is 0 Å². The molecule has 17 heavy (non-hydrogen) atoms. The number of rotatable bonds is 9. The summed E-state index contributed by atoms with van der Waals surface area (Å²) >= 11 is 1.99. The zero-order valence-electron chi connectivity index (χ0n) is 12.7. The molecule has 0 aliphatic heterocycles. The second kappa shape index (κ2) is 7.65. The van der Waals surface area contributed by atoms with E-state index in [1.54, 1.807) is 7.11 Å². The van der Waals surface area contributed by atoms with Crippen molar-refractivity contribution in [1.82, 2.24) is 5.32 Å². The lowest BCUT2D eigenvalue weighted by Gasteiger charge is -2.33. The Morgan fingerprint density at radius 3 is 2.12 bits per heavy atom. The maximum Gasteiger partial charge on any atom is 0.0637 e. The number of nitrogens with one attached hydrogen (secondary N) is 1. The van der Waals surface area contributed by atoms with E-state index in [4.69, 9.17) is 4.74 Å².